The second-order valence-corrected chi connectivity index (χ2v) is 15.1. The zero-order chi connectivity index (χ0) is 53.1. The van der Waals surface area contributed by atoms with Crippen LogP contribution in [0.4, 0.5) is 4.79 Å². The summed E-state index contributed by atoms with van der Waals surface area (Å²) in [5.41, 5.74) is 0. The van der Waals surface area contributed by atoms with Gasteiger partial charge < -0.3 is 10.2 Å². The van der Waals surface area contributed by atoms with E-state index in [1.54, 1.807) is 0 Å². The zero-order valence-electron chi connectivity index (χ0n) is 25.1. The van der Waals surface area contributed by atoms with Gasteiger partial charge in [0, 0.05) is 0 Å². The molecule has 0 unspecified atom stereocenters. The number of carboxylic acid groups (broad SMARTS) is 2. The van der Waals surface area contributed by atoms with Crippen LogP contribution in [0.15, 0.2) is 0 Å². The minimum Gasteiger partial charge on any atom is -0.450 e. The maximum absolute atomic E-state index is 8.74. The van der Waals surface area contributed by atoms with Gasteiger partial charge >= 0.3 is 121 Å². The van der Waals surface area contributed by atoms with Gasteiger partial charge in [0.1, 0.15) is 0 Å². The van der Waals surface area contributed by atoms with E-state index in [9.17, 15) is 0 Å². The van der Waals surface area contributed by atoms with E-state index < -0.39 is 121 Å². The van der Waals surface area contributed by atoms with Gasteiger partial charge in [0.25, 0.3) is 0 Å². The Hall–Kier alpha value is -2.16. The van der Waals surface area contributed by atoms with Gasteiger partial charge in [-0.15, -0.1) is 0 Å². The van der Waals surface area contributed by atoms with Crippen LogP contribution in [0.5, 0.6) is 0 Å². The Bertz CT molecular complexity index is 1630. The molecule has 0 aromatic heterocycles. The Morgan fingerprint density at radius 3 is 0.169 bits per heavy atom. The van der Waals surface area contributed by atoms with Crippen LogP contribution < -0.4 is 0 Å². The first-order valence-corrected chi connectivity index (χ1v) is 23.7. The summed E-state index contributed by atoms with van der Waals surface area (Å²) in [6.07, 6.45) is -1.83. The van der Waals surface area contributed by atoms with Crippen molar-refractivity contribution in [2.45, 2.75) is 0 Å². The second-order valence-electron chi connectivity index (χ2n) is 5.21. The van der Waals surface area contributed by atoms with E-state index in [1.165, 1.54) is 0 Å². The molecule has 59 heavy (non-hydrogen) atoms. The zero-order valence-corrected chi connectivity index (χ0v) is 34.1. The van der Waals surface area contributed by atoms with Crippen LogP contribution in [0, 0.1) is 0 Å². The summed E-state index contributed by atoms with van der Waals surface area (Å²) in [6.45, 7) is 0. The Balaban J connectivity index is -0.0000000409. The second kappa shape index (κ2) is 37.6. The third-order valence-corrected chi connectivity index (χ3v) is 0. The highest BCUT2D eigenvalue weighted by Crippen LogP contribution is 1.63. The minimum absolute atomic E-state index is 1.83. The largest absolute Gasteiger partial charge is 0.503 e. The Labute approximate surface area is 327 Å². The molecule has 0 heterocycles. The van der Waals surface area contributed by atoms with E-state index in [2.05, 4.69) is 0 Å². The van der Waals surface area contributed by atoms with Crippen molar-refractivity contribution in [1.82, 2.24) is 0 Å². The van der Waals surface area contributed by atoms with Crippen molar-refractivity contribution in [2.75, 3.05) is 0 Å². The van der Waals surface area contributed by atoms with Crippen LogP contribution in [-0.2, 0) is 114 Å². The van der Waals surface area contributed by atoms with Crippen LogP contribution in [0.2, 0.25) is 0 Å². The molecule has 0 saturated carbocycles. The molecule has 0 bridgehead atoms. The fourth-order valence-electron chi connectivity index (χ4n) is 0. The minimum atomic E-state index is -4.67. The summed E-state index contributed by atoms with van der Waals surface area (Å²) in [5, 5.41) is 13.9. The van der Waals surface area contributed by atoms with E-state index >= 15 is 0 Å². The van der Waals surface area contributed by atoms with Crippen LogP contribution in [-0.4, -0.2) is 209 Å². The molecule has 0 saturated heterocycles. The van der Waals surface area contributed by atoms with Crippen molar-refractivity contribution in [3.8, 4) is 0 Å². The molecule has 24 N–H and O–H groups in total. The van der Waals surface area contributed by atoms with Crippen LogP contribution >= 0.6 is 0 Å². The maximum Gasteiger partial charge on any atom is 0.503 e. The lowest BCUT2D eigenvalue weighted by Gasteiger charge is -1.68. The highest BCUT2D eigenvalue weighted by atomic mass is 32.3. The van der Waals surface area contributed by atoms with Gasteiger partial charge in [-0.05, 0) is 0 Å². The summed E-state index contributed by atoms with van der Waals surface area (Å²) < 4.78 is 347. The SMILES string of the molecule is O=C(O)O.O=S(=O)(O)O.O=S(=O)(O)O.O=S(=O)(O)O.O=S(=O)(O)O.O=S(=O)(O)O.O=S(=O)(O)O.O=S(=O)(O)O.O=S(=O)(O)O.O=S(=O)(O)O.O=S(=O)(O)O.O=S(=O)(O)O. The Kier molecular flexibility index (Phi) is 56.2. The summed E-state index contributed by atoms with van der Waals surface area (Å²) in [5.74, 6) is 0. The van der Waals surface area contributed by atoms with E-state index in [4.69, 9.17) is 208 Å². The average Bonchev–Trinajstić information content (AvgIpc) is 2.49. The molecule has 0 aliphatic rings. The molecule has 0 aromatic carbocycles. The van der Waals surface area contributed by atoms with Crippen molar-refractivity contribution < 1.29 is 208 Å². The van der Waals surface area contributed by atoms with Gasteiger partial charge in [0.15, 0.2) is 0 Å². The van der Waals surface area contributed by atoms with Crippen LogP contribution in [0.1, 0.15) is 0 Å². The average molecular weight is 1140 g/mol. The normalized spacial score (nSPS) is 11.2. The van der Waals surface area contributed by atoms with Crippen molar-refractivity contribution in [3.05, 3.63) is 0 Å². The first-order chi connectivity index (χ1) is 23.7. The molecule has 0 rings (SSSR count). The lowest BCUT2D eigenvalue weighted by molar-refractivity contribution is 0.136. The quantitative estimate of drug-likeness (QED) is 0.100. The Morgan fingerprint density at radius 2 is 0.169 bits per heavy atom. The van der Waals surface area contributed by atoms with Gasteiger partial charge in [-0.2, -0.15) is 92.6 Å². The number of hydrogen-bond acceptors (Lipinski definition) is 23. The van der Waals surface area contributed by atoms with Gasteiger partial charge in [-0.1, -0.05) is 0 Å². The van der Waals surface area contributed by atoms with E-state index in [0.29, 0.717) is 0 Å². The third kappa shape index (κ3) is 34700. The monoisotopic (exact) mass is 1140 g/mol. The lowest BCUT2D eigenvalue weighted by atomic mass is 11.5. The smallest absolute Gasteiger partial charge is 0.450 e. The highest BCUT2D eigenvalue weighted by Gasteiger charge is 1.89. The molecule has 0 aliphatic heterocycles. The fourth-order valence-corrected chi connectivity index (χ4v) is 0. The van der Waals surface area contributed by atoms with E-state index in [-0.39, 0.29) is 0 Å². The van der Waals surface area contributed by atoms with Crippen LogP contribution in [0.25, 0.3) is 0 Å². The molecule has 0 aromatic rings. The predicted octanol–water partition coefficient (Wildman–Crippen LogP) is -6.96. The number of hydrogen-bond donors (Lipinski definition) is 24. The molecule has 0 atom stereocenters. The van der Waals surface area contributed by atoms with Crippen molar-refractivity contribution in [1.29, 1.82) is 0 Å². The molecule has 0 amide bonds. The predicted molar refractivity (Wildman–Crippen MR) is 167 cm³/mol. The molecule has 376 valence electrons. The topological polar surface area (TPSA) is 878 Å². The summed E-state index contributed by atoms with van der Waals surface area (Å²) in [7, 11) is -51.3. The van der Waals surface area contributed by atoms with E-state index in [1.807, 2.05) is 0 Å². The van der Waals surface area contributed by atoms with Crippen molar-refractivity contribution >= 4 is 121 Å². The van der Waals surface area contributed by atoms with E-state index in [0.717, 1.165) is 0 Å². The van der Waals surface area contributed by atoms with Gasteiger partial charge in [-0.3, -0.25) is 100 Å². The maximum atomic E-state index is 8.74. The number of carbonyl (C=O) groups is 1. The Morgan fingerprint density at radius 1 is 0.169 bits per heavy atom. The van der Waals surface area contributed by atoms with Gasteiger partial charge in [-0.25, -0.2) is 4.79 Å². The molecule has 58 heteroatoms. The fraction of sp³-hybridized carbons (Fsp3) is 0. The van der Waals surface area contributed by atoms with Crippen molar-refractivity contribution in [2.24, 2.45) is 0 Å². The van der Waals surface area contributed by atoms with Crippen molar-refractivity contribution in [3.63, 3.8) is 0 Å². The third-order valence-electron chi connectivity index (χ3n) is 0. The molecule has 0 aliphatic carbocycles. The highest BCUT2D eigenvalue weighted by molar-refractivity contribution is 7.82. The summed E-state index contributed by atoms with van der Waals surface area (Å²) in [6, 6.07) is 0. The van der Waals surface area contributed by atoms with Gasteiger partial charge in [0.2, 0.25) is 0 Å². The number of rotatable bonds is 0. The summed E-state index contributed by atoms with van der Waals surface area (Å²) >= 11 is 0. The standard InChI is InChI=1S/CH2O3.11H2O4S/c2-1(3)4;11*1-5(2,3)4/h(H2,2,3,4);11*(H2,1,2,3,4). The lowest BCUT2D eigenvalue weighted by Crippen LogP contribution is -1.89. The molecular formula is CH24O47S11. The molecule has 0 fully saturated rings. The van der Waals surface area contributed by atoms with Gasteiger partial charge in [0.05, 0.1) is 0 Å². The first kappa shape index (κ1) is 88.1. The first-order valence-electron chi connectivity index (χ1n) is 8.33. The molecule has 47 nitrogen and oxygen atoms in total. The van der Waals surface area contributed by atoms with Crippen LogP contribution in [0.3, 0.4) is 0 Å². The molecular weight excluding hydrogens is 1120 g/mol. The summed E-state index contributed by atoms with van der Waals surface area (Å²) in [4.78, 5) is 8.56. The molecule has 0 spiro atoms. The molecule has 0 radical (unpaired) electrons.